The van der Waals surface area contributed by atoms with E-state index >= 15 is 0 Å². The summed E-state index contributed by atoms with van der Waals surface area (Å²) in [6, 6.07) is 0. The fourth-order valence-corrected chi connectivity index (χ4v) is 4.41. The maximum absolute atomic E-state index is 6.26. The second-order valence-electron chi connectivity index (χ2n) is 7.69. The Morgan fingerprint density at radius 3 is 2.47 bits per heavy atom. The van der Waals surface area contributed by atoms with Gasteiger partial charge in [0.25, 0.3) is 0 Å². The van der Waals surface area contributed by atoms with Crippen molar-refractivity contribution in [3.63, 3.8) is 0 Å². The van der Waals surface area contributed by atoms with Crippen LogP contribution in [0.15, 0.2) is 0 Å². The Kier molecular flexibility index (Phi) is 5.30. The highest BCUT2D eigenvalue weighted by Crippen LogP contribution is 2.40. The zero-order valence-electron chi connectivity index (χ0n) is 13.3. The first-order valence-electron chi connectivity index (χ1n) is 8.51. The van der Waals surface area contributed by atoms with E-state index in [0.717, 1.165) is 24.3 Å². The van der Waals surface area contributed by atoms with E-state index in [9.17, 15) is 0 Å². The minimum atomic E-state index is 0.345. The normalized spacial score (nSPS) is 34.9. The van der Waals surface area contributed by atoms with E-state index in [1.54, 1.807) is 0 Å². The van der Waals surface area contributed by atoms with Gasteiger partial charge in [0.05, 0.1) is 0 Å². The van der Waals surface area contributed by atoms with E-state index in [1.165, 1.54) is 58.0 Å². The minimum Gasteiger partial charge on any atom is -0.329 e. The van der Waals surface area contributed by atoms with Crippen molar-refractivity contribution in [1.82, 2.24) is 4.90 Å². The highest BCUT2D eigenvalue weighted by Gasteiger charge is 2.40. The molecule has 2 nitrogen and oxygen atoms in total. The molecule has 2 rings (SSSR count). The van der Waals surface area contributed by atoms with Crippen LogP contribution in [-0.4, -0.2) is 30.1 Å². The van der Waals surface area contributed by atoms with Crippen LogP contribution < -0.4 is 5.73 Å². The molecule has 1 saturated carbocycles. The zero-order valence-corrected chi connectivity index (χ0v) is 13.3. The molecule has 2 fully saturated rings. The molecule has 0 spiro atoms. The number of rotatable bonds is 4. The smallest absolute Gasteiger partial charge is 0.0334 e. The molecule has 1 saturated heterocycles. The van der Waals surface area contributed by atoms with Crippen LogP contribution in [-0.2, 0) is 0 Å². The summed E-state index contributed by atoms with van der Waals surface area (Å²) in [5.41, 5.74) is 6.60. The fourth-order valence-electron chi connectivity index (χ4n) is 4.41. The largest absolute Gasteiger partial charge is 0.329 e. The Labute approximate surface area is 120 Å². The van der Waals surface area contributed by atoms with Gasteiger partial charge >= 0.3 is 0 Å². The molecular weight excluding hydrogens is 232 g/mol. The topological polar surface area (TPSA) is 29.3 Å². The van der Waals surface area contributed by atoms with Crippen LogP contribution in [0.25, 0.3) is 0 Å². The van der Waals surface area contributed by atoms with Crippen molar-refractivity contribution < 1.29 is 0 Å². The van der Waals surface area contributed by atoms with Crippen molar-refractivity contribution in [1.29, 1.82) is 0 Å². The number of hydrogen-bond donors (Lipinski definition) is 1. The standard InChI is InChI=1S/C17H34N2/c1-14(2)11-16-5-4-8-17(12-16,13-18)19-9-6-15(3)7-10-19/h14-16H,4-13,18H2,1-3H3. The second-order valence-corrected chi connectivity index (χ2v) is 7.69. The highest BCUT2D eigenvalue weighted by molar-refractivity contribution is 4.98. The number of likely N-dealkylation sites (tertiary alicyclic amines) is 1. The first-order valence-corrected chi connectivity index (χ1v) is 8.51. The summed E-state index contributed by atoms with van der Waals surface area (Å²) in [5.74, 6) is 2.66. The fraction of sp³-hybridized carbons (Fsp3) is 1.00. The van der Waals surface area contributed by atoms with Crippen molar-refractivity contribution in [3.05, 3.63) is 0 Å². The van der Waals surface area contributed by atoms with Gasteiger partial charge in [-0.15, -0.1) is 0 Å². The third-order valence-corrected chi connectivity index (χ3v) is 5.56. The lowest BCUT2D eigenvalue weighted by atomic mass is 9.71. The number of nitrogens with zero attached hydrogens (tertiary/aromatic N) is 1. The SMILES string of the molecule is CC(C)CC1CCCC(CN)(N2CCC(C)CC2)C1. The Morgan fingerprint density at radius 1 is 1.21 bits per heavy atom. The van der Waals surface area contributed by atoms with Crippen molar-refractivity contribution in [3.8, 4) is 0 Å². The quantitative estimate of drug-likeness (QED) is 0.841. The van der Waals surface area contributed by atoms with Gasteiger partial charge in [-0.2, -0.15) is 0 Å². The van der Waals surface area contributed by atoms with Crippen molar-refractivity contribution >= 4 is 0 Å². The third kappa shape index (κ3) is 3.72. The van der Waals surface area contributed by atoms with E-state index in [0.29, 0.717) is 5.54 Å². The molecule has 2 unspecified atom stereocenters. The van der Waals surface area contributed by atoms with Crippen LogP contribution in [0.1, 0.15) is 65.7 Å². The average molecular weight is 266 g/mol. The van der Waals surface area contributed by atoms with Crippen molar-refractivity contribution in [2.75, 3.05) is 19.6 Å². The van der Waals surface area contributed by atoms with Crippen molar-refractivity contribution in [2.45, 2.75) is 71.3 Å². The van der Waals surface area contributed by atoms with E-state index in [-0.39, 0.29) is 0 Å². The summed E-state index contributed by atoms with van der Waals surface area (Å²) in [6.07, 6.45) is 9.66. The lowest BCUT2D eigenvalue weighted by Gasteiger charge is -2.50. The molecule has 2 heteroatoms. The Hall–Kier alpha value is -0.0800. The van der Waals surface area contributed by atoms with E-state index in [2.05, 4.69) is 25.7 Å². The van der Waals surface area contributed by atoms with Gasteiger partial charge in [-0.05, 0) is 62.9 Å². The summed E-state index contributed by atoms with van der Waals surface area (Å²) in [5, 5.41) is 0. The van der Waals surface area contributed by atoms with Crippen LogP contribution in [0.5, 0.6) is 0 Å². The van der Waals surface area contributed by atoms with Gasteiger partial charge in [0.15, 0.2) is 0 Å². The molecule has 0 amide bonds. The predicted octanol–water partition coefficient (Wildman–Crippen LogP) is 3.65. The molecule has 0 aromatic heterocycles. The van der Waals surface area contributed by atoms with Crippen LogP contribution in [0, 0.1) is 17.8 Å². The summed E-state index contributed by atoms with van der Waals surface area (Å²) in [6.45, 7) is 10.6. The summed E-state index contributed by atoms with van der Waals surface area (Å²) < 4.78 is 0. The molecular formula is C17H34N2. The molecule has 1 aliphatic carbocycles. The van der Waals surface area contributed by atoms with Gasteiger partial charge < -0.3 is 5.73 Å². The van der Waals surface area contributed by atoms with Crippen LogP contribution >= 0.6 is 0 Å². The first-order chi connectivity index (χ1) is 9.05. The molecule has 0 aromatic carbocycles. The molecule has 112 valence electrons. The van der Waals surface area contributed by atoms with Gasteiger partial charge in [0, 0.05) is 12.1 Å². The first kappa shape index (κ1) is 15.3. The van der Waals surface area contributed by atoms with E-state index < -0.39 is 0 Å². The molecule has 0 aromatic rings. The van der Waals surface area contributed by atoms with Gasteiger partial charge in [-0.3, -0.25) is 4.90 Å². The molecule has 2 N–H and O–H groups in total. The minimum absolute atomic E-state index is 0.345. The Bertz CT molecular complexity index is 268. The molecule has 0 radical (unpaired) electrons. The zero-order chi connectivity index (χ0) is 13.9. The third-order valence-electron chi connectivity index (χ3n) is 5.56. The van der Waals surface area contributed by atoms with Gasteiger partial charge in [-0.25, -0.2) is 0 Å². The van der Waals surface area contributed by atoms with Gasteiger partial charge in [-0.1, -0.05) is 33.6 Å². The molecule has 2 aliphatic rings. The molecule has 0 bridgehead atoms. The van der Waals surface area contributed by atoms with Crippen LogP contribution in [0.3, 0.4) is 0 Å². The molecule has 1 aliphatic heterocycles. The predicted molar refractivity (Wildman–Crippen MR) is 83.2 cm³/mol. The van der Waals surface area contributed by atoms with Gasteiger partial charge in [0.2, 0.25) is 0 Å². The average Bonchev–Trinajstić information content (AvgIpc) is 2.39. The van der Waals surface area contributed by atoms with E-state index in [4.69, 9.17) is 5.73 Å². The van der Waals surface area contributed by atoms with Crippen LogP contribution in [0.2, 0.25) is 0 Å². The molecule has 1 heterocycles. The van der Waals surface area contributed by atoms with E-state index in [1.807, 2.05) is 0 Å². The molecule has 19 heavy (non-hydrogen) atoms. The monoisotopic (exact) mass is 266 g/mol. The van der Waals surface area contributed by atoms with Crippen molar-refractivity contribution in [2.24, 2.45) is 23.5 Å². The number of hydrogen-bond acceptors (Lipinski definition) is 2. The number of nitrogens with two attached hydrogens (primary N) is 1. The molecule has 2 atom stereocenters. The summed E-state index contributed by atoms with van der Waals surface area (Å²) in [4.78, 5) is 2.76. The maximum atomic E-state index is 6.26. The lowest BCUT2D eigenvalue weighted by molar-refractivity contribution is 0.00869. The van der Waals surface area contributed by atoms with Crippen LogP contribution in [0.4, 0.5) is 0 Å². The van der Waals surface area contributed by atoms with Gasteiger partial charge in [0.1, 0.15) is 0 Å². The summed E-state index contributed by atoms with van der Waals surface area (Å²) >= 11 is 0. The lowest BCUT2D eigenvalue weighted by Crippen LogP contribution is -2.58. The second kappa shape index (κ2) is 6.58. The Balaban J connectivity index is 2.00. The number of piperidine rings is 1. The maximum Gasteiger partial charge on any atom is 0.0334 e. The summed E-state index contributed by atoms with van der Waals surface area (Å²) in [7, 11) is 0. The highest BCUT2D eigenvalue weighted by atomic mass is 15.2. The Morgan fingerprint density at radius 2 is 1.89 bits per heavy atom.